The molecular weight excluding hydrogens is 368 g/mol. The molecule has 1 aliphatic rings. The first kappa shape index (κ1) is 18.8. The van der Waals surface area contributed by atoms with Crippen LogP contribution in [0.2, 0.25) is 0 Å². The number of thioether (sulfide) groups is 1. The summed E-state index contributed by atoms with van der Waals surface area (Å²) >= 11 is 1.18. The second-order valence-corrected chi connectivity index (χ2v) is 7.15. The summed E-state index contributed by atoms with van der Waals surface area (Å²) in [4.78, 5) is 35.0. The lowest BCUT2D eigenvalue weighted by atomic mass is 10.2. The molecule has 1 fully saturated rings. The van der Waals surface area contributed by atoms with E-state index in [-0.39, 0.29) is 18.1 Å². The van der Waals surface area contributed by atoms with E-state index in [1.165, 1.54) is 11.8 Å². The maximum Gasteiger partial charge on any atom is 0.327 e. The molecule has 0 spiro atoms. The molecule has 3 rings (SSSR count). The van der Waals surface area contributed by atoms with Gasteiger partial charge in [0, 0.05) is 17.9 Å². The quantitative estimate of drug-likeness (QED) is 0.705. The van der Waals surface area contributed by atoms with Crippen LogP contribution in [0.3, 0.4) is 0 Å². The van der Waals surface area contributed by atoms with E-state index in [1.54, 1.807) is 24.3 Å². The molecule has 27 heavy (non-hydrogen) atoms. The molecule has 8 heteroatoms. The summed E-state index contributed by atoms with van der Waals surface area (Å²) in [7, 11) is 0. The summed E-state index contributed by atoms with van der Waals surface area (Å²) in [5.41, 5.74) is 0.588. The SMILES string of the molecule is O=C(C[C@H]1SC[C@H](C(=O)O)NC1=O)Nc1ccc(Oc2ccccc2)cc1. The summed E-state index contributed by atoms with van der Waals surface area (Å²) in [5, 5.41) is 13.5. The molecule has 0 saturated carbocycles. The normalized spacial score (nSPS) is 19.0. The van der Waals surface area contributed by atoms with Crippen molar-refractivity contribution < 1.29 is 24.2 Å². The van der Waals surface area contributed by atoms with Gasteiger partial charge >= 0.3 is 5.97 Å². The van der Waals surface area contributed by atoms with Gasteiger partial charge in [0.05, 0.1) is 5.25 Å². The summed E-state index contributed by atoms with van der Waals surface area (Å²) in [6.45, 7) is 0. The zero-order valence-corrected chi connectivity index (χ0v) is 15.1. The van der Waals surface area contributed by atoms with Gasteiger partial charge in [0.15, 0.2) is 0 Å². The molecular formula is C19H18N2O5S. The molecule has 3 N–H and O–H groups in total. The Hall–Kier alpha value is -3.00. The summed E-state index contributed by atoms with van der Waals surface area (Å²) in [6.07, 6.45) is -0.0227. The van der Waals surface area contributed by atoms with Gasteiger partial charge < -0.3 is 20.5 Å². The molecule has 2 atom stereocenters. The van der Waals surface area contributed by atoms with E-state index in [0.717, 1.165) is 0 Å². The van der Waals surface area contributed by atoms with Gasteiger partial charge in [-0.05, 0) is 36.4 Å². The molecule has 2 aromatic carbocycles. The Morgan fingerprint density at radius 3 is 2.41 bits per heavy atom. The van der Waals surface area contributed by atoms with Crippen molar-refractivity contribution in [2.24, 2.45) is 0 Å². The second-order valence-electron chi connectivity index (χ2n) is 5.91. The number of amides is 2. The standard InChI is InChI=1S/C19H18N2O5S/c22-17(10-16-18(23)21-15(11-27-16)19(24)25)20-12-6-8-14(9-7-12)26-13-4-2-1-3-5-13/h1-9,15-16H,10-11H2,(H,20,22)(H,21,23)(H,24,25)/t15-,16-/m1/s1. The van der Waals surface area contributed by atoms with Crippen molar-refractivity contribution >= 4 is 35.2 Å². The number of carbonyl (C=O) groups is 3. The molecule has 140 valence electrons. The monoisotopic (exact) mass is 386 g/mol. The van der Waals surface area contributed by atoms with E-state index in [2.05, 4.69) is 10.6 Å². The lowest BCUT2D eigenvalue weighted by Crippen LogP contribution is -2.51. The number of hydrogen-bond donors (Lipinski definition) is 3. The van der Waals surface area contributed by atoms with Crippen molar-refractivity contribution in [1.82, 2.24) is 5.32 Å². The highest BCUT2D eigenvalue weighted by Crippen LogP contribution is 2.24. The van der Waals surface area contributed by atoms with Crippen molar-refractivity contribution in [3.63, 3.8) is 0 Å². The molecule has 0 unspecified atom stereocenters. The molecule has 2 amide bonds. The van der Waals surface area contributed by atoms with Crippen molar-refractivity contribution in [2.45, 2.75) is 17.7 Å². The number of carboxylic acid groups (broad SMARTS) is 1. The lowest BCUT2D eigenvalue weighted by Gasteiger charge is -2.25. The Bertz CT molecular complexity index is 826. The Balaban J connectivity index is 1.51. The van der Waals surface area contributed by atoms with Crippen LogP contribution in [0.1, 0.15) is 6.42 Å². The van der Waals surface area contributed by atoms with Crippen molar-refractivity contribution in [1.29, 1.82) is 0 Å². The predicted octanol–water partition coefficient (Wildman–Crippen LogP) is 2.49. The highest BCUT2D eigenvalue weighted by Gasteiger charge is 2.33. The minimum absolute atomic E-state index is 0.0227. The van der Waals surface area contributed by atoms with Gasteiger partial charge in [0.25, 0.3) is 0 Å². The van der Waals surface area contributed by atoms with Gasteiger partial charge in [-0.3, -0.25) is 9.59 Å². The van der Waals surface area contributed by atoms with E-state index in [9.17, 15) is 14.4 Å². The number of nitrogens with one attached hydrogen (secondary N) is 2. The van der Waals surface area contributed by atoms with Crippen molar-refractivity contribution in [3.8, 4) is 11.5 Å². The summed E-state index contributed by atoms with van der Waals surface area (Å²) in [6, 6.07) is 15.3. The first-order chi connectivity index (χ1) is 13.0. The Morgan fingerprint density at radius 2 is 1.78 bits per heavy atom. The highest BCUT2D eigenvalue weighted by molar-refractivity contribution is 8.00. The maximum atomic E-state index is 12.2. The zero-order chi connectivity index (χ0) is 19.2. The number of benzene rings is 2. The largest absolute Gasteiger partial charge is 0.480 e. The number of ether oxygens (including phenoxy) is 1. The van der Waals surface area contributed by atoms with E-state index < -0.39 is 23.2 Å². The van der Waals surface area contributed by atoms with Gasteiger partial charge in [0.1, 0.15) is 17.5 Å². The van der Waals surface area contributed by atoms with Gasteiger partial charge in [-0.2, -0.15) is 0 Å². The third-order valence-corrected chi connectivity index (χ3v) is 5.17. The highest BCUT2D eigenvalue weighted by atomic mass is 32.2. The van der Waals surface area contributed by atoms with Gasteiger partial charge in [-0.15, -0.1) is 11.8 Å². The van der Waals surface area contributed by atoms with Crippen LogP contribution in [0.15, 0.2) is 54.6 Å². The molecule has 1 aliphatic heterocycles. The number of hydrogen-bond acceptors (Lipinski definition) is 5. The average Bonchev–Trinajstić information content (AvgIpc) is 2.65. The number of aliphatic carboxylic acids is 1. The lowest BCUT2D eigenvalue weighted by molar-refractivity contribution is -0.141. The first-order valence-corrected chi connectivity index (χ1v) is 9.34. The molecule has 7 nitrogen and oxygen atoms in total. The Morgan fingerprint density at radius 1 is 1.11 bits per heavy atom. The number of rotatable bonds is 6. The summed E-state index contributed by atoms with van der Waals surface area (Å²) < 4.78 is 5.69. The van der Waals surface area contributed by atoms with Crippen LogP contribution in [-0.2, 0) is 14.4 Å². The smallest absolute Gasteiger partial charge is 0.327 e. The van der Waals surface area contributed by atoms with Crippen LogP contribution in [0.4, 0.5) is 5.69 Å². The zero-order valence-electron chi connectivity index (χ0n) is 14.3. The van der Waals surface area contributed by atoms with E-state index in [4.69, 9.17) is 9.84 Å². The van der Waals surface area contributed by atoms with Crippen LogP contribution < -0.4 is 15.4 Å². The van der Waals surface area contributed by atoms with Crippen LogP contribution in [0.25, 0.3) is 0 Å². The van der Waals surface area contributed by atoms with Crippen molar-refractivity contribution in [2.75, 3.05) is 11.1 Å². The van der Waals surface area contributed by atoms with Gasteiger partial charge in [-0.1, -0.05) is 18.2 Å². The summed E-state index contributed by atoms with van der Waals surface area (Å²) in [5.74, 6) is -0.217. The van der Waals surface area contributed by atoms with Gasteiger partial charge in [0.2, 0.25) is 11.8 Å². The first-order valence-electron chi connectivity index (χ1n) is 8.29. The minimum Gasteiger partial charge on any atom is -0.480 e. The number of carboxylic acids is 1. The fourth-order valence-electron chi connectivity index (χ4n) is 2.49. The fourth-order valence-corrected chi connectivity index (χ4v) is 3.63. The van der Waals surface area contributed by atoms with Crippen LogP contribution in [0.5, 0.6) is 11.5 Å². The van der Waals surface area contributed by atoms with E-state index in [1.807, 2.05) is 30.3 Å². The third kappa shape index (κ3) is 5.24. The Labute approximate surface area is 160 Å². The number of carbonyl (C=O) groups excluding carboxylic acids is 2. The second kappa shape index (κ2) is 8.59. The molecule has 1 heterocycles. The maximum absolute atomic E-state index is 12.2. The minimum atomic E-state index is -1.07. The molecule has 0 radical (unpaired) electrons. The Kier molecular flexibility index (Phi) is 5.97. The van der Waals surface area contributed by atoms with Crippen LogP contribution in [0, 0.1) is 0 Å². The topological polar surface area (TPSA) is 105 Å². The fraction of sp³-hybridized carbons (Fsp3) is 0.211. The molecule has 1 saturated heterocycles. The van der Waals surface area contributed by atoms with E-state index in [0.29, 0.717) is 17.2 Å². The average molecular weight is 386 g/mol. The number of para-hydroxylation sites is 1. The predicted molar refractivity (Wildman–Crippen MR) is 102 cm³/mol. The van der Waals surface area contributed by atoms with Crippen LogP contribution >= 0.6 is 11.8 Å². The third-order valence-electron chi connectivity index (χ3n) is 3.86. The van der Waals surface area contributed by atoms with Crippen molar-refractivity contribution in [3.05, 3.63) is 54.6 Å². The molecule has 0 bridgehead atoms. The number of anilines is 1. The molecule has 0 aliphatic carbocycles. The van der Waals surface area contributed by atoms with E-state index >= 15 is 0 Å². The molecule has 2 aromatic rings. The van der Waals surface area contributed by atoms with Crippen LogP contribution in [-0.4, -0.2) is 39.9 Å². The molecule has 0 aromatic heterocycles. The van der Waals surface area contributed by atoms with Gasteiger partial charge in [-0.25, -0.2) is 4.79 Å².